The predicted octanol–water partition coefficient (Wildman–Crippen LogP) is 2.37. The molecule has 1 fully saturated rings. The molecule has 1 saturated heterocycles. The first-order valence-corrected chi connectivity index (χ1v) is 6.80. The molecule has 0 spiro atoms. The molecule has 0 radical (unpaired) electrons. The molecule has 20 heavy (non-hydrogen) atoms. The minimum atomic E-state index is -0.452. The van der Waals surface area contributed by atoms with E-state index in [1.54, 1.807) is 18.2 Å². The van der Waals surface area contributed by atoms with Gasteiger partial charge in [0.05, 0.1) is 11.2 Å². The molecular formula is C15H22BNO3. The summed E-state index contributed by atoms with van der Waals surface area (Å²) >= 11 is 0. The van der Waals surface area contributed by atoms with E-state index in [0.717, 1.165) is 11.0 Å². The van der Waals surface area contributed by atoms with Crippen LogP contribution in [0.2, 0.25) is 0 Å². The number of hydrogen-bond acceptors (Lipinski definition) is 4. The highest BCUT2D eigenvalue weighted by atomic mass is 16.7. The van der Waals surface area contributed by atoms with Crippen LogP contribution in [0.5, 0.6) is 5.75 Å². The lowest BCUT2D eigenvalue weighted by Gasteiger charge is -2.32. The van der Waals surface area contributed by atoms with Crippen LogP contribution in [0.15, 0.2) is 29.7 Å². The zero-order chi connectivity index (χ0) is 15.0. The second kappa shape index (κ2) is 5.24. The van der Waals surface area contributed by atoms with E-state index >= 15 is 0 Å². The van der Waals surface area contributed by atoms with Gasteiger partial charge in [0.25, 0.3) is 0 Å². The number of benzene rings is 1. The smallest absolute Gasteiger partial charge is 0.491 e. The molecule has 2 rings (SSSR count). The number of phenols is 1. The molecule has 4 nitrogen and oxygen atoms in total. The fourth-order valence-corrected chi connectivity index (χ4v) is 2.05. The van der Waals surface area contributed by atoms with Crippen molar-refractivity contribution in [3.8, 4) is 5.75 Å². The van der Waals surface area contributed by atoms with Crippen LogP contribution in [0.25, 0.3) is 6.08 Å². The summed E-state index contributed by atoms with van der Waals surface area (Å²) in [5.74, 6) is 0.226. The van der Waals surface area contributed by atoms with Crippen molar-refractivity contribution in [2.75, 3.05) is 6.54 Å². The summed E-state index contributed by atoms with van der Waals surface area (Å²) in [6.07, 6.45) is 1.90. The van der Waals surface area contributed by atoms with Gasteiger partial charge in [-0.25, -0.2) is 0 Å². The summed E-state index contributed by atoms with van der Waals surface area (Å²) in [5.41, 5.74) is 6.79. The third-order valence-corrected chi connectivity index (χ3v) is 4.01. The lowest BCUT2D eigenvalue weighted by Crippen LogP contribution is -2.41. The molecule has 1 heterocycles. The van der Waals surface area contributed by atoms with Crippen molar-refractivity contribution in [2.45, 2.75) is 38.9 Å². The largest absolute Gasteiger partial charge is 0.508 e. The predicted molar refractivity (Wildman–Crippen MR) is 81.2 cm³/mol. The number of phenolic OH excluding ortho intramolecular Hbond substituents is 1. The summed E-state index contributed by atoms with van der Waals surface area (Å²) in [5, 5.41) is 9.51. The van der Waals surface area contributed by atoms with Crippen LogP contribution in [0.4, 0.5) is 0 Å². The summed E-state index contributed by atoms with van der Waals surface area (Å²) in [6.45, 7) is 8.38. The normalized spacial score (nSPS) is 21.2. The Labute approximate surface area is 120 Å². The van der Waals surface area contributed by atoms with Crippen LogP contribution in [-0.2, 0) is 9.31 Å². The van der Waals surface area contributed by atoms with Crippen molar-refractivity contribution in [2.24, 2.45) is 5.73 Å². The summed E-state index contributed by atoms with van der Waals surface area (Å²) < 4.78 is 12.0. The number of hydrogen-bond donors (Lipinski definition) is 2. The van der Waals surface area contributed by atoms with Gasteiger partial charge >= 0.3 is 7.12 Å². The Morgan fingerprint density at radius 1 is 1.25 bits per heavy atom. The maximum atomic E-state index is 9.51. The van der Waals surface area contributed by atoms with Crippen molar-refractivity contribution in [3.05, 3.63) is 35.3 Å². The van der Waals surface area contributed by atoms with Gasteiger partial charge in [-0.3, -0.25) is 0 Å². The highest BCUT2D eigenvalue weighted by Gasteiger charge is 2.52. The van der Waals surface area contributed by atoms with E-state index in [2.05, 4.69) is 0 Å². The first kappa shape index (κ1) is 15.1. The second-order valence-corrected chi connectivity index (χ2v) is 6.11. The first-order chi connectivity index (χ1) is 9.25. The van der Waals surface area contributed by atoms with Crippen LogP contribution < -0.4 is 5.73 Å². The minimum absolute atomic E-state index is 0.226. The van der Waals surface area contributed by atoms with E-state index in [1.165, 1.54) is 0 Å². The minimum Gasteiger partial charge on any atom is -0.508 e. The Hall–Kier alpha value is -1.30. The maximum Gasteiger partial charge on any atom is 0.491 e. The molecule has 1 aromatic rings. The summed E-state index contributed by atoms with van der Waals surface area (Å²) in [4.78, 5) is 0. The molecule has 1 aromatic carbocycles. The number of rotatable bonds is 3. The van der Waals surface area contributed by atoms with Gasteiger partial charge in [0.15, 0.2) is 0 Å². The maximum absolute atomic E-state index is 9.51. The Morgan fingerprint density at radius 2 is 1.85 bits per heavy atom. The second-order valence-electron chi connectivity index (χ2n) is 6.11. The van der Waals surface area contributed by atoms with Gasteiger partial charge in [0.1, 0.15) is 5.75 Å². The van der Waals surface area contributed by atoms with E-state index < -0.39 is 7.12 Å². The molecule has 3 N–H and O–H groups in total. The molecule has 0 amide bonds. The zero-order valence-corrected chi connectivity index (χ0v) is 12.5. The standard InChI is InChI=1S/C15H22BNO3/c1-14(2)15(3,4)20-16(19-14)12(10-17)8-11-6-5-7-13(18)9-11/h5-9,18H,10,17H2,1-4H3. The molecule has 0 aromatic heterocycles. The topological polar surface area (TPSA) is 64.7 Å². The molecule has 5 heteroatoms. The Morgan fingerprint density at radius 3 is 2.35 bits per heavy atom. The molecule has 0 saturated carbocycles. The van der Waals surface area contributed by atoms with Crippen molar-refractivity contribution in [1.82, 2.24) is 0 Å². The summed E-state index contributed by atoms with van der Waals surface area (Å²) in [7, 11) is -0.452. The highest BCUT2D eigenvalue weighted by molar-refractivity contribution is 6.55. The monoisotopic (exact) mass is 275 g/mol. The van der Waals surface area contributed by atoms with E-state index in [9.17, 15) is 5.11 Å². The molecule has 0 aliphatic carbocycles. The first-order valence-electron chi connectivity index (χ1n) is 6.80. The van der Waals surface area contributed by atoms with Gasteiger partial charge in [0.2, 0.25) is 0 Å². The van der Waals surface area contributed by atoms with Gasteiger partial charge in [-0.2, -0.15) is 0 Å². The van der Waals surface area contributed by atoms with E-state index in [-0.39, 0.29) is 17.0 Å². The lowest BCUT2D eigenvalue weighted by molar-refractivity contribution is 0.00578. The van der Waals surface area contributed by atoms with Crippen LogP contribution in [0, 0.1) is 0 Å². The Balaban J connectivity index is 2.26. The van der Waals surface area contributed by atoms with Crippen molar-refractivity contribution < 1.29 is 14.4 Å². The third kappa shape index (κ3) is 2.90. The molecule has 1 aliphatic rings. The van der Waals surface area contributed by atoms with Gasteiger partial charge < -0.3 is 20.1 Å². The number of nitrogens with two attached hydrogens (primary N) is 1. The fourth-order valence-electron chi connectivity index (χ4n) is 2.05. The van der Waals surface area contributed by atoms with Gasteiger partial charge in [-0.05, 0) is 50.9 Å². The van der Waals surface area contributed by atoms with Crippen LogP contribution >= 0.6 is 0 Å². The van der Waals surface area contributed by atoms with Crippen molar-refractivity contribution in [3.63, 3.8) is 0 Å². The SMILES string of the molecule is CC1(C)OB(C(=Cc2cccc(O)c2)CN)OC1(C)C. The highest BCUT2D eigenvalue weighted by Crippen LogP contribution is 2.38. The van der Waals surface area contributed by atoms with Gasteiger partial charge in [-0.1, -0.05) is 18.2 Å². The fraction of sp³-hybridized carbons (Fsp3) is 0.467. The van der Waals surface area contributed by atoms with Crippen molar-refractivity contribution in [1.29, 1.82) is 0 Å². The molecular weight excluding hydrogens is 253 g/mol. The van der Waals surface area contributed by atoms with Gasteiger partial charge in [-0.15, -0.1) is 0 Å². The van der Waals surface area contributed by atoms with Crippen LogP contribution in [-0.4, -0.2) is 30.0 Å². The van der Waals surface area contributed by atoms with Gasteiger partial charge in [0, 0.05) is 6.54 Å². The third-order valence-electron chi connectivity index (χ3n) is 4.01. The van der Waals surface area contributed by atoms with E-state index in [1.807, 2.05) is 39.8 Å². The summed E-state index contributed by atoms with van der Waals surface area (Å²) in [6, 6.07) is 7.01. The average molecular weight is 275 g/mol. The molecule has 1 aliphatic heterocycles. The lowest BCUT2D eigenvalue weighted by atomic mass is 9.77. The molecule has 0 atom stereocenters. The number of aromatic hydroxyl groups is 1. The zero-order valence-electron chi connectivity index (χ0n) is 12.5. The molecule has 0 unspecified atom stereocenters. The Kier molecular flexibility index (Phi) is 3.96. The van der Waals surface area contributed by atoms with Crippen LogP contribution in [0.3, 0.4) is 0 Å². The van der Waals surface area contributed by atoms with E-state index in [0.29, 0.717) is 6.54 Å². The Bertz CT molecular complexity index is 510. The quantitative estimate of drug-likeness (QED) is 0.831. The van der Waals surface area contributed by atoms with Crippen LogP contribution in [0.1, 0.15) is 33.3 Å². The molecule has 108 valence electrons. The van der Waals surface area contributed by atoms with E-state index in [4.69, 9.17) is 15.0 Å². The average Bonchev–Trinajstić information content (AvgIpc) is 2.55. The molecule has 0 bridgehead atoms. The van der Waals surface area contributed by atoms with Crippen molar-refractivity contribution >= 4 is 13.2 Å².